The van der Waals surface area contributed by atoms with Crippen molar-refractivity contribution in [2.75, 3.05) is 6.54 Å². The lowest BCUT2D eigenvalue weighted by Gasteiger charge is -2.25. The third-order valence-electron chi connectivity index (χ3n) is 7.74. The van der Waals surface area contributed by atoms with Crippen molar-refractivity contribution in [3.8, 4) is 28.7 Å². The van der Waals surface area contributed by atoms with Gasteiger partial charge in [-0.1, -0.05) is 48.5 Å². The van der Waals surface area contributed by atoms with Crippen molar-refractivity contribution in [1.82, 2.24) is 20.1 Å². The van der Waals surface area contributed by atoms with Gasteiger partial charge in [0.25, 0.3) is 5.91 Å². The van der Waals surface area contributed by atoms with Crippen LogP contribution >= 0.6 is 15.9 Å². The third kappa shape index (κ3) is 5.98. The molecule has 0 bridgehead atoms. The summed E-state index contributed by atoms with van der Waals surface area (Å²) in [4.78, 5) is 20.4. The molecule has 0 saturated carbocycles. The van der Waals surface area contributed by atoms with Gasteiger partial charge >= 0.3 is 0 Å². The number of carbonyl (C=O) groups is 1. The van der Waals surface area contributed by atoms with Crippen LogP contribution < -0.4 is 5.73 Å². The molecule has 3 aromatic carbocycles. The molecule has 2 N–H and O–H groups in total. The van der Waals surface area contributed by atoms with Crippen LogP contribution in [0, 0.1) is 11.3 Å². The van der Waals surface area contributed by atoms with E-state index in [9.17, 15) is 10.1 Å². The first-order chi connectivity index (χ1) is 20.8. The Labute approximate surface area is 258 Å². The first-order valence-corrected chi connectivity index (χ1v) is 14.8. The number of rotatable bonds is 7. The molecule has 1 amide bonds. The van der Waals surface area contributed by atoms with E-state index < -0.39 is 5.54 Å². The number of halogens is 1. The number of nitrogens with two attached hydrogens (primary N) is 1. The Balaban J connectivity index is 1.40. The van der Waals surface area contributed by atoms with E-state index >= 15 is 0 Å². The van der Waals surface area contributed by atoms with Crippen LogP contribution in [0.2, 0.25) is 0 Å². The zero-order valence-electron chi connectivity index (χ0n) is 23.6. The van der Waals surface area contributed by atoms with Crippen molar-refractivity contribution in [1.29, 1.82) is 5.26 Å². The number of nitrogens with zero attached hydrogens (tertiary/aromatic N) is 5. The topological polar surface area (TPSA) is 122 Å². The predicted molar refractivity (Wildman–Crippen MR) is 167 cm³/mol. The van der Waals surface area contributed by atoms with E-state index in [0.29, 0.717) is 46.7 Å². The monoisotopic (exact) mass is 632 g/mol. The molecule has 214 valence electrons. The maximum Gasteiger partial charge on any atom is 0.254 e. The van der Waals surface area contributed by atoms with Crippen LogP contribution in [0.15, 0.2) is 100 Å². The van der Waals surface area contributed by atoms with Crippen LogP contribution in [0.5, 0.6) is 0 Å². The molecular weight excluding hydrogens is 604 g/mol. The van der Waals surface area contributed by atoms with Gasteiger partial charge < -0.3 is 15.1 Å². The highest BCUT2D eigenvalue weighted by atomic mass is 79.9. The maximum atomic E-state index is 14.1. The minimum Gasteiger partial charge on any atom is -0.419 e. The largest absolute Gasteiger partial charge is 0.419 e. The second kappa shape index (κ2) is 11.9. The Hall–Kier alpha value is -4.65. The molecule has 8 nitrogen and oxygen atoms in total. The van der Waals surface area contributed by atoms with Crippen molar-refractivity contribution in [2.45, 2.75) is 37.8 Å². The zero-order valence-corrected chi connectivity index (χ0v) is 25.2. The smallest absolute Gasteiger partial charge is 0.254 e. The van der Waals surface area contributed by atoms with Crippen molar-refractivity contribution in [2.24, 2.45) is 5.73 Å². The SMILES string of the molecule is C[C@@](N)(Cc1ccccc1)c1nnc(-c2cc(C(=O)N3CCCC3c3cncc(Br)c3)cc(-c3ccccc3C#N)c2)o1. The highest BCUT2D eigenvalue weighted by Gasteiger charge is 2.32. The molecule has 2 atom stereocenters. The third-order valence-corrected chi connectivity index (χ3v) is 8.17. The second-order valence-electron chi connectivity index (χ2n) is 11.0. The minimum absolute atomic E-state index is 0.0954. The summed E-state index contributed by atoms with van der Waals surface area (Å²) in [5, 5.41) is 18.5. The average Bonchev–Trinajstić information content (AvgIpc) is 3.72. The van der Waals surface area contributed by atoms with E-state index in [4.69, 9.17) is 10.2 Å². The Kier molecular flexibility index (Phi) is 7.89. The summed E-state index contributed by atoms with van der Waals surface area (Å²) in [6, 6.07) is 26.9. The van der Waals surface area contributed by atoms with Crippen LogP contribution in [-0.2, 0) is 12.0 Å². The minimum atomic E-state index is -0.906. The first kappa shape index (κ1) is 28.5. The molecule has 1 fully saturated rings. The van der Waals surface area contributed by atoms with Crippen LogP contribution in [0.25, 0.3) is 22.6 Å². The Morgan fingerprint density at radius 2 is 1.84 bits per heavy atom. The summed E-state index contributed by atoms with van der Waals surface area (Å²) < 4.78 is 7.04. The van der Waals surface area contributed by atoms with Gasteiger partial charge in [0, 0.05) is 34.5 Å². The van der Waals surface area contributed by atoms with Crippen LogP contribution in [-0.4, -0.2) is 32.5 Å². The van der Waals surface area contributed by atoms with E-state index in [0.717, 1.165) is 28.4 Å². The lowest BCUT2D eigenvalue weighted by atomic mass is 9.94. The summed E-state index contributed by atoms with van der Waals surface area (Å²) in [7, 11) is 0. The Bertz CT molecular complexity index is 1830. The molecule has 1 unspecified atom stereocenters. The Morgan fingerprint density at radius 3 is 2.63 bits per heavy atom. The van der Waals surface area contributed by atoms with Crippen LogP contribution in [0.3, 0.4) is 0 Å². The van der Waals surface area contributed by atoms with Gasteiger partial charge in [0.1, 0.15) is 0 Å². The number of likely N-dealkylation sites (tertiary alicyclic amines) is 1. The normalized spacial score (nSPS) is 16.0. The fraction of sp³-hybridized carbons (Fsp3) is 0.206. The highest BCUT2D eigenvalue weighted by molar-refractivity contribution is 9.10. The van der Waals surface area contributed by atoms with Gasteiger partial charge in [0.2, 0.25) is 11.8 Å². The van der Waals surface area contributed by atoms with Crippen LogP contribution in [0.4, 0.5) is 0 Å². The summed E-state index contributed by atoms with van der Waals surface area (Å²) in [6.07, 6.45) is 5.78. The summed E-state index contributed by atoms with van der Waals surface area (Å²) in [5.74, 6) is 0.426. The van der Waals surface area contributed by atoms with E-state index in [2.05, 4.69) is 37.2 Å². The molecule has 2 aromatic heterocycles. The summed E-state index contributed by atoms with van der Waals surface area (Å²) in [5.41, 5.74) is 10.7. The number of pyridine rings is 1. The molecule has 1 saturated heterocycles. The van der Waals surface area contributed by atoms with E-state index in [1.54, 1.807) is 18.3 Å². The van der Waals surface area contributed by atoms with Crippen molar-refractivity contribution < 1.29 is 9.21 Å². The number of aromatic nitrogens is 3. The molecule has 9 heteroatoms. The summed E-state index contributed by atoms with van der Waals surface area (Å²) >= 11 is 3.51. The summed E-state index contributed by atoms with van der Waals surface area (Å²) in [6.45, 7) is 2.48. The highest BCUT2D eigenvalue weighted by Crippen LogP contribution is 2.36. The predicted octanol–water partition coefficient (Wildman–Crippen LogP) is 6.83. The molecule has 43 heavy (non-hydrogen) atoms. The van der Waals surface area contributed by atoms with E-state index in [1.807, 2.05) is 84.8 Å². The fourth-order valence-corrected chi connectivity index (χ4v) is 6.04. The van der Waals surface area contributed by atoms with Gasteiger partial charge in [0.15, 0.2) is 0 Å². The number of hydrogen-bond donors (Lipinski definition) is 1. The first-order valence-electron chi connectivity index (χ1n) is 14.1. The molecule has 6 rings (SSSR count). The number of carbonyl (C=O) groups excluding carboxylic acids is 1. The van der Waals surface area contributed by atoms with Gasteiger partial charge in [-0.15, -0.1) is 10.2 Å². The van der Waals surface area contributed by atoms with Crippen LogP contribution in [0.1, 0.15) is 58.7 Å². The number of nitriles is 1. The van der Waals surface area contributed by atoms with E-state index in [-0.39, 0.29) is 17.8 Å². The quantitative estimate of drug-likeness (QED) is 0.209. The molecule has 1 aliphatic heterocycles. The zero-order chi connectivity index (χ0) is 30.0. The van der Waals surface area contributed by atoms with Crippen molar-refractivity contribution in [3.63, 3.8) is 0 Å². The number of hydrogen-bond acceptors (Lipinski definition) is 7. The lowest BCUT2D eigenvalue weighted by molar-refractivity contribution is 0.0735. The number of benzene rings is 3. The van der Waals surface area contributed by atoms with Gasteiger partial charge in [0.05, 0.1) is 23.2 Å². The fourth-order valence-electron chi connectivity index (χ4n) is 5.66. The second-order valence-corrected chi connectivity index (χ2v) is 12.0. The average molecular weight is 634 g/mol. The van der Waals surface area contributed by atoms with Gasteiger partial charge in [-0.3, -0.25) is 9.78 Å². The molecular formula is C34H29BrN6O2. The van der Waals surface area contributed by atoms with Gasteiger partial charge in [-0.05, 0) is 94.7 Å². The molecule has 1 aliphatic rings. The Morgan fingerprint density at radius 1 is 1.07 bits per heavy atom. The van der Waals surface area contributed by atoms with E-state index in [1.165, 1.54) is 0 Å². The molecule has 0 radical (unpaired) electrons. The molecule has 0 spiro atoms. The molecule has 5 aromatic rings. The molecule has 0 aliphatic carbocycles. The van der Waals surface area contributed by atoms with Crippen molar-refractivity contribution >= 4 is 21.8 Å². The maximum absolute atomic E-state index is 14.1. The standard InChI is InChI=1S/C34H29BrN6O2/c1-34(37,18-22-8-3-2-4-9-22)33-40-39-31(43-33)25-14-24(29-11-6-5-10-23(29)19-36)15-26(16-25)32(42)41-13-7-12-30(41)27-17-28(35)21-38-20-27/h2-6,8-11,14-17,20-21,30H,7,12-13,18,37H2,1H3/t30?,34-/m1/s1. The lowest BCUT2D eigenvalue weighted by Crippen LogP contribution is -2.35. The van der Waals surface area contributed by atoms with Gasteiger partial charge in [-0.25, -0.2) is 0 Å². The van der Waals surface area contributed by atoms with Crippen molar-refractivity contribution in [3.05, 3.63) is 124 Å². The molecule has 3 heterocycles. The van der Waals surface area contributed by atoms with Gasteiger partial charge in [-0.2, -0.15) is 5.26 Å². The number of amides is 1.